The van der Waals surface area contributed by atoms with Gasteiger partial charge in [0.15, 0.2) is 0 Å². The van der Waals surface area contributed by atoms with Crippen molar-refractivity contribution in [3.63, 3.8) is 0 Å². The molecule has 1 aromatic heterocycles. The standard InChI is InChI=1S/C18H18FNO/c1-11-5-7-16-13(8-11)10-17(21-16)18(20-3)14-9-12(2)4-6-15(14)19/h4-10,18,20H,1-3H3. The molecule has 3 heteroatoms. The lowest BCUT2D eigenvalue weighted by Crippen LogP contribution is -2.18. The third-order valence-electron chi connectivity index (χ3n) is 3.73. The van der Waals surface area contributed by atoms with E-state index in [4.69, 9.17) is 4.42 Å². The number of nitrogens with one attached hydrogen (secondary N) is 1. The fourth-order valence-electron chi connectivity index (χ4n) is 2.66. The second kappa shape index (κ2) is 5.34. The second-order valence-electron chi connectivity index (χ2n) is 5.44. The van der Waals surface area contributed by atoms with Gasteiger partial charge in [0.1, 0.15) is 17.2 Å². The van der Waals surface area contributed by atoms with Gasteiger partial charge in [-0.15, -0.1) is 0 Å². The summed E-state index contributed by atoms with van der Waals surface area (Å²) in [5.41, 5.74) is 3.63. The number of fused-ring (bicyclic) bond motifs is 1. The summed E-state index contributed by atoms with van der Waals surface area (Å²) in [5, 5.41) is 4.18. The summed E-state index contributed by atoms with van der Waals surface area (Å²) in [6.45, 7) is 4.00. The summed E-state index contributed by atoms with van der Waals surface area (Å²) < 4.78 is 20.0. The van der Waals surface area contributed by atoms with Crippen molar-refractivity contribution in [2.45, 2.75) is 19.9 Å². The molecule has 1 N–H and O–H groups in total. The Morgan fingerprint density at radius 1 is 1.00 bits per heavy atom. The number of rotatable bonds is 3. The van der Waals surface area contributed by atoms with Crippen LogP contribution in [0.3, 0.4) is 0 Å². The van der Waals surface area contributed by atoms with E-state index in [1.165, 1.54) is 11.6 Å². The molecule has 0 aliphatic carbocycles. The largest absolute Gasteiger partial charge is 0.459 e. The van der Waals surface area contributed by atoms with Gasteiger partial charge in [0.05, 0.1) is 6.04 Å². The monoisotopic (exact) mass is 283 g/mol. The Hall–Kier alpha value is -2.13. The van der Waals surface area contributed by atoms with Crippen molar-refractivity contribution in [1.29, 1.82) is 0 Å². The van der Waals surface area contributed by atoms with Crippen LogP contribution < -0.4 is 5.32 Å². The van der Waals surface area contributed by atoms with Gasteiger partial charge in [-0.05, 0) is 45.2 Å². The van der Waals surface area contributed by atoms with Gasteiger partial charge in [0.25, 0.3) is 0 Å². The highest BCUT2D eigenvalue weighted by molar-refractivity contribution is 5.79. The van der Waals surface area contributed by atoms with Crippen molar-refractivity contribution in [2.24, 2.45) is 0 Å². The van der Waals surface area contributed by atoms with E-state index >= 15 is 0 Å². The van der Waals surface area contributed by atoms with Gasteiger partial charge in [-0.25, -0.2) is 4.39 Å². The highest BCUT2D eigenvalue weighted by atomic mass is 19.1. The van der Waals surface area contributed by atoms with E-state index in [1.54, 1.807) is 6.07 Å². The van der Waals surface area contributed by atoms with Crippen molar-refractivity contribution in [3.8, 4) is 0 Å². The number of hydrogen-bond acceptors (Lipinski definition) is 2. The first kappa shape index (κ1) is 13.8. The predicted molar refractivity (Wildman–Crippen MR) is 83.0 cm³/mol. The fourth-order valence-corrected chi connectivity index (χ4v) is 2.66. The maximum Gasteiger partial charge on any atom is 0.134 e. The third kappa shape index (κ3) is 2.57. The third-order valence-corrected chi connectivity index (χ3v) is 3.73. The highest BCUT2D eigenvalue weighted by Crippen LogP contribution is 2.30. The lowest BCUT2D eigenvalue weighted by atomic mass is 10.0. The quantitative estimate of drug-likeness (QED) is 0.765. The molecule has 0 aliphatic heterocycles. The molecule has 21 heavy (non-hydrogen) atoms. The van der Waals surface area contributed by atoms with Gasteiger partial charge in [0.2, 0.25) is 0 Å². The summed E-state index contributed by atoms with van der Waals surface area (Å²) in [6, 6.07) is 12.8. The summed E-state index contributed by atoms with van der Waals surface area (Å²) in [4.78, 5) is 0. The summed E-state index contributed by atoms with van der Waals surface area (Å²) in [5.74, 6) is 0.499. The molecule has 0 fully saturated rings. The van der Waals surface area contributed by atoms with Crippen LogP contribution in [0.25, 0.3) is 11.0 Å². The van der Waals surface area contributed by atoms with Crippen LogP contribution in [0.2, 0.25) is 0 Å². The van der Waals surface area contributed by atoms with Gasteiger partial charge in [-0.3, -0.25) is 0 Å². The molecule has 1 heterocycles. The molecule has 0 aliphatic rings. The fraction of sp³-hybridized carbons (Fsp3) is 0.222. The molecule has 2 nitrogen and oxygen atoms in total. The number of furan rings is 1. The lowest BCUT2D eigenvalue weighted by Gasteiger charge is -2.15. The number of aryl methyl sites for hydroxylation is 2. The van der Waals surface area contributed by atoms with E-state index in [0.717, 1.165) is 22.3 Å². The van der Waals surface area contributed by atoms with Crippen molar-refractivity contribution < 1.29 is 8.81 Å². The molecule has 108 valence electrons. The van der Waals surface area contributed by atoms with Crippen LogP contribution in [0, 0.1) is 19.7 Å². The molecule has 3 aromatic rings. The highest BCUT2D eigenvalue weighted by Gasteiger charge is 2.20. The van der Waals surface area contributed by atoms with Gasteiger partial charge >= 0.3 is 0 Å². The SMILES string of the molecule is CNC(c1cc2cc(C)ccc2o1)c1cc(C)ccc1F. The molecular formula is C18H18FNO. The molecule has 0 radical (unpaired) electrons. The average Bonchev–Trinajstić information content (AvgIpc) is 2.86. The van der Waals surface area contributed by atoms with Crippen LogP contribution in [0.4, 0.5) is 4.39 Å². The summed E-state index contributed by atoms with van der Waals surface area (Å²) in [7, 11) is 1.81. The first-order valence-corrected chi connectivity index (χ1v) is 7.02. The Bertz CT molecular complexity index is 791. The smallest absolute Gasteiger partial charge is 0.134 e. The van der Waals surface area contributed by atoms with Crippen LogP contribution in [0.1, 0.15) is 28.5 Å². The minimum absolute atomic E-state index is 0.225. The van der Waals surface area contributed by atoms with Crippen molar-refractivity contribution >= 4 is 11.0 Å². The van der Waals surface area contributed by atoms with Crippen LogP contribution in [-0.4, -0.2) is 7.05 Å². The first-order valence-electron chi connectivity index (χ1n) is 7.02. The summed E-state index contributed by atoms with van der Waals surface area (Å²) in [6.07, 6.45) is 0. The first-order chi connectivity index (χ1) is 10.1. The van der Waals surface area contributed by atoms with Gasteiger partial charge in [-0.1, -0.05) is 29.3 Å². The van der Waals surface area contributed by atoms with Crippen molar-refractivity contribution in [3.05, 3.63) is 70.7 Å². The van der Waals surface area contributed by atoms with Crippen molar-refractivity contribution in [2.75, 3.05) is 7.05 Å². The van der Waals surface area contributed by atoms with Gasteiger partial charge in [-0.2, -0.15) is 0 Å². The molecule has 0 spiro atoms. The number of benzene rings is 2. The maximum atomic E-state index is 14.1. The molecule has 0 saturated carbocycles. The lowest BCUT2D eigenvalue weighted by molar-refractivity contribution is 0.476. The zero-order chi connectivity index (χ0) is 15.0. The predicted octanol–water partition coefficient (Wildman–Crippen LogP) is 4.50. The Morgan fingerprint density at radius 3 is 2.48 bits per heavy atom. The van der Waals surface area contributed by atoms with Crippen LogP contribution in [0.5, 0.6) is 0 Å². The maximum absolute atomic E-state index is 14.1. The second-order valence-corrected chi connectivity index (χ2v) is 5.44. The van der Waals surface area contributed by atoms with E-state index < -0.39 is 0 Å². The molecule has 0 amide bonds. The molecule has 1 atom stereocenters. The van der Waals surface area contributed by atoms with E-state index in [-0.39, 0.29) is 11.9 Å². The zero-order valence-electron chi connectivity index (χ0n) is 12.4. The van der Waals surface area contributed by atoms with Crippen LogP contribution >= 0.6 is 0 Å². The Morgan fingerprint density at radius 2 is 1.71 bits per heavy atom. The number of hydrogen-bond donors (Lipinski definition) is 1. The Balaban J connectivity index is 2.11. The minimum Gasteiger partial charge on any atom is -0.459 e. The number of halogens is 1. The van der Waals surface area contributed by atoms with E-state index in [0.29, 0.717) is 5.56 Å². The molecule has 0 saturated heterocycles. The summed E-state index contributed by atoms with van der Waals surface area (Å²) >= 11 is 0. The molecule has 0 bridgehead atoms. The Labute approximate surface area is 123 Å². The van der Waals surface area contributed by atoms with E-state index in [1.807, 2.05) is 45.2 Å². The van der Waals surface area contributed by atoms with E-state index in [2.05, 4.69) is 11.4 Å². The average molecular weight is 283 g/mol. The van der Waals surface area contributed by atoms with Crippen molar-refractivity contribution in [1.82, 2.24) is 5.32 Å². The normalized spacial score (nSPS) is 12.8. The van der Waals surface area contributed by atoms with E-state index in [9.17, 15) is 4.39 Å². The minimum atomic E-state index is -0.294. The van der Waals surface area contributed by atoms with Crippen LogP contribution in [0.15, 0.2) is 46.9 Å². The van der Waals surface area contributed by atoms with Crippen LogP contribution in [-0.2, 0) is 0 Å². The molecular weight excluding hydrogens is 265 g/mol. The van der Waals surface area contributed by atoms with Gasteiger partial charge in [0, 0.05) is 10.9 Å². The van der Waals surface area contributed by atoms with Gasteiger partial charge < -0.3 is 9.73 Å². The topological polar surface area (TPSA) is 25.2 Å². The zero-order valence-corrected chi connectivity index (χ0v) is 12.4. The molecule has 2 aromatic carbocycles. The Kier molecular flexibility index (Phi) is 3.52. The molecule has 1 unspecified atom stereocenters. The molecule has 3 rings (SSSR count).